The van der Waals surface area contributed by atoms with Gasteiger partial charge in [-0.2, -0.15) is 0 Å². The van der Waals surface area contributed by atoms with E-state index in [0.29, 0.717) is 12.8 Å². The number of carbonyl (C=O) groups excluding carboxylic acids is 3. The van der Waals surface area contributed by atoms with Gasteiger partial charge in [-0.3, -0.25) is 14.4 Å². The normalized spacial score (nSPS) is 13.2. The van der Waals surface area contributed by atoms with E-state index in [1.165, 1.54) is 44.9 Å². The zero-order valence-corrected chi connectivity index (χ0v) is 37.7. The predicted octanol–water partition coefficient (Wildman–Crippen LogP) is 12.0. The number of aliphatic hydroxyl groups is 1. The first-order valence-electron chi connectivity index (χ1n) is 23.5. The number of rotatable bonds is 41. The zero-order chi connectivity index (χ0) is 44.0. The molecule has 0 aliphatic heterocycles. The van der Waals surface area contributed by atoms with E-state index in [0.717, 1.165) is 109 Å². The Hall–Kier alpha value is -3.98. The number of carboxylic acids is 1. The number of esters is 1. The average molecular weight is 837 g/mol. The Balaban J connectivity index is 4.43. The predicted molar refractivity (Wildman–Crippen MR) is 250 cm³/mol. The van der Waals surface area contributed by atoms with E-state index in [1.807, 2.05) is 0 Å². The van der Waals surface area contributed by atoms with Gasteiger partial charge in [0.25, 0.3) is 0 Å². The molecule has 0 saturated heterocycles. The van der Waals surface area contributed by atoms with Crippen LogP contribution in [0, 0.1) is 0 Å². The molecular weight excluding hydrogens is 753 g/mol. The molecule has 0 radical (unpaired) electrons. The molecule has 0 aliphatic rings. The average Bonchev–Trinajstić information content (AvgIpc) is 3.23. The van der Waals surface area contributed by atoms with E-state index >= 15 is 0 Å². The maximum absolute atomic E-state index is 12.8. The second kappa shape index (κ2) is 44.6. The molecule has 0 rings (SSSR count). The van der Waals surface area contributed by atoms with Crippen LogP contribution in [0.4, 0.5) is 0 Å². The minimum absolute atomic E-state index is 0.0955. The van der Waals surface area contributed by atoms with Gasteiger partial charge in [0.05, 0.1) is 13.2 Å². The number of nitrogens with one attached hydrogen (secondary N) is 2. The maximum atomic E-state index is 12.8. The lowest BCUT2D eigenvalue weighted by molar-refractivity contribution is -0.150. The van der Waals surface area contributed by atoms with Gasteiger partial charge in [0, 0.05) is 12.8 Å². The Labute approximate surface area is 365 Å². The van der Waals surface area contributed by atoms with Gasteiger partial charge in [0.1, 0.15) is 12.1 Å². The van der Waals surface area contributed by atoms with Crippen LogP contribution in [0.2, 0.25) is 0 Å². The molecule has 0 aliphatic carbocycles. The summed E-state index contributed by atoms with van der Waals surface area (Å²) in [5.74, 6) is -2.37. The van der Waals surface area contributed by atoms with Crippen LogP contribution < -0.4 is 10.6 Å². The number of allylic oxidation sites excluding steroid dienone is 14. The van der Waals surface area contributed by atoms with Crippen LogP contribution in [0.25, 0.3) is 0 Å². The summed E-state index contributed by atoms with van der Waals surface area (Å²) in [5.41, 5.74) is 0. The SMILES string of the molecule is CC/C=C\C/C=C\C/C=C\C/C=C\CCC(CCCCCCCC(=O)NCC(=O)NC(CO)C(=O)O)OC(=O)CCCCCCCC/C=C\C/C=C\C/C=C\CCCCC. The molecule has 2 unspecified atom stereocenters. The van der Waals surface area contributed by atoms with Crippen LogP contribution in [0.3, 0.4) is 0 Å². The van der Waals surface area contributed by atoms with E-state index in [-0.39, 0.29) is 30.9 Å². The lowest BCUT2D eigenvalue weighted by Gasteiger charge is -2.17. The Morgan fingerprint density at radius 1 is 0.517 bits per heavy atom. The van der Waals surface area contributed by atoms with Crippen LogP contribution in [-0.2, 0) is 23.9 Å². The summed E-state index contributed by atoms with van der Waals surface area (Å²) in [5, 5.41) is 22.6. The lowest BCUT2D eigenvalue weighted by atomic mass is 10.0. The molecule has 0 bridgehead atoms. The van der Waals surface area contributed by atoms with E-state index in [4.69, 9.17) is 14.9 Å². The number of hydrogen-bond donors (Lipinski definition) is 4. The summed E-state index contributed by atoms with van der Waals surface area (Å²) in [7, 11) is 0. The fraction of sp³-hybridized carbons (Fsp3) is 0.647. The van der Waals surface area contributed by atoms with Crippen molar-refractivity contribution in [3.8, 4) is 0 Å². The van der Waals surface area contributed by atoms with Crippen LogP contribution in [0.15, 0.2) is 85.1 Å². The van der Waals surface area contributed by atoms with Crippen molar-refractivity contribution < 1.29 is 34.1 Å². The van der Waals surface area contributed by atoms with Gasteiger partial charge in [-0.05, 0) is 103 Å². The van der Waals surface area contributed by atoms with Crippen LogP contribution in [0.1, 0.15) is 187 Å². The number of aliphatic carboxylic acids is 1. The van der Waals surface area contributed by atoms with Crippen molar-refractivity contribution >= 4 is 23.8 Å². The third kappa shape index (κ3) is 40.8. The molecule has 0 aromatic heterocycles. The molecule has 0 aromatic carbocycles. The molecule has 9 heteroatoms. The second-order valence-electron chi connectivity index (χ2n) is 15.5. The van der Waals surface area contributed by atoms with Crippen molar-refractivity contribution in [3.05, 3.63) is 85.1 Å². The zero-order valence-electron chi connectivity index (χ0n) is 37.7. The largest absolute Gasteiger partial charge is 0.480 e. The summed E-state index contributed by atoms with van der Waals surface area (Å²) >= 11 is 0. The molecule has 2 atom stereocenters. The summed E-state index contributed by atoms with van der Waals surface area (Å²) in [6, 6.07) is -1.39. The molecule has 2 amide bonds. The van der Waals surface area contributed by atoms with Gasteiger partial charge in [0.15, 0.2) is 0 Å². The summed E-state index contributed by atoms with van der Waals surface area (Å²) < 4.78 is 6.00. The van der Waals surface area contributed by atoms with Crippen molar-refractivity contribution in [3.63, 3.8) is 0 Å². The number of carboxylic acid groups (broad SMARTS) is 1. The lowest BCUT2D eigenvalue weighted by Crippen LogP contribution is -2.47. The van der Waals surface area contributed by atoms with Crippen LogP contribution in [0.5, 0.6) is 0 Å². The van der Waals surface area contributed by atoms with Crippen molar-refractivity contribution in [2.24, 2.45) is 0 Å². The second-order valence-corrected chi connectivity index (χ2v) is 15.5. The monoisotopic (exact) mass is 837 g/mol. The molecule has 0 saturated carbocycles. The third-order valence-corrected chi connectivity index (χ3v) is 9.88. The maximum Gasteiger partial charge on any atom is 0.328 e. The van der Waals surface area contributed by atoms with E-state index in [1.54, 1.807) is 0 Å². The molecule has 0 fully saturated rings. The molecule has 340 valence electrons. The Bertz CT molecular complexity index is 1280. The minimum atomic E-state index is -1.39. The standard InChI is InChI=1S/C51H84N2O7/c1-3-5-7-9-11-13-15-17-18-19-20-21-22-24-26-28-30-35-39-43-50(57)60-46(40-36-32-29-27-25-23-16-14-12-10-8-6-4-2)41-37-33-31-34-38-42-48(55)52-44-49(56)53-47(45-54)51(58)59/h6,8,11-14,17-18,20-21,23,25,29,32,46-47,54H,3-5,7,9-10,15-16,19,22,24,26-28,30-31,33-45H2,1-2H3,(H,52,55)(H,53,56)(H,58,59)/b8-6-,13-11-,14-12-,18-17-,21-20-,25-23-,32-29-. The number of carbonyl (C=O) groups is 4. The first-order valence-corrected chi connectivity index (χ1v) is 23.5. The molecule has 9 nitrogen and oxygen atoms in total. The van der Waals surface area contributed by atoms with Crippen molar-refractivity contribution in [1.29, 1.82) is 0 Å². The fourth-order valence-corrected chi connectivity index (χ4v) is 6.30. The molecule has 0 aromatic rings. The van der Waals surface area contributed by atoms with Crippen LogP contribution in [-0.4, -0.2) is 59.3 Å². The number of amides is 2. The van der Waals surface area contributed by atoms with Crippen molar-refractivity contribution in [2.45, 2.75) is 199 Å². The fourth-order valence-electron chi connectivity index (χ4n) is 6.30. The van der Waals surface area contributed by atoms with Crippen molar-refractivity contribution in [1.82, 2.24) is 10.6 Å². The Morgan fingerprint density at radius 2 is 0.983 bits per heavy atom. The highest BCUT2D eigenvalue weighted by Crippen LogP contribution is 2.17. The number of aliphatic hydroxyl groups excluding tert-OH is 1. The van der Waals surface area contributed by atoms with Gasteiger partial charge in [-0.25, -0.2) is 4.79 Å². The van der Waals surface area contributed by atoms with Crippen molar-refractivity contribution in [2.75, 3.05) is 13.2 Å². The molecule has 4 N–H and O–H groups in total. The number of hydrogen-bond acceptors (Lipinski definition) is 6. The summed E-state index contributed by atoms with van der Waals surface area (Å²) in [6.07, 6.45) is 57.5. The number of unbranched alkanes of at least 4 members (excludes halogenated alkanes) is 13. The first-order chi connectivity index (χ1) is 29.3. The smallest absolute Gasteiger partial charge is 0.328 e. The molecule has 60 heavy (non-hydrogen) atoms. The topological polar surface area (TPSA) is 142 Å². The summed E-state index contributed by atoms with van der Waals surface area (Å²) in [4.78, 5) is 47.7. The summed E-state index contributed by atoms with van der Waals surface area (Å²) in [6.45, 7) is 3.32. The van der Waals surface area contributed by atoms with E-state index in [9.17, 15) is 19.2 Å². The Morgan fingerprint density at radius 3 is 1.52 bits per heavy atom. The van der Waals surface area contributed by atoms with Gasteiger partial charge in [-0.1, -0.05) is 157 Å². The Kier molecular flexibility index (Phi) is 41.6. The van der Waals surface area contributed by atoms with Crippen LogP contribution >= 0.6 is 0 Å². The van der Waals surface area contributed by atoms with Gasteiger partial charge in [0.2, 0.25) is 11.8 Å². The minimum Gasteiger partial charge on any atom is -0.480 e. The molecule has 0 spiro atoms. The highest BCUT2D eigenvalue weighted by atomic mass is 16.5. The third-order valence-electron chi connectivity index (χ3n) is 9.88. The van der Waals surface area contributed by atoms with Gasteiger partial charge in [-0.15, -0.1) is 0 Å². The van der Waals surface area contributed by atoms with E-state index in [2.05, 4.69) is 110 Å². The highest BCUT2D eigenvalue weighted by Gasteiger charge is 2.19. The number of ether oxygens (including phenoxy) is 1. The van der Waals surface area contributed by atoms with Gasteiger partial charge < -0.3 is 25.6 Å². The molecular formula is C51H84N2O7. The first kappa shape index (κ1) is 56.0. The van der Waals surface area contributed by atoms with E-state index < -0.39 is 24.5 Å². The quantitative estimate of drug-likeness (QED) is 0.0273. The highest BCUT2D eigenvalue weighted by molar-refractivity contribution is 5.87. The van der Waals surface area contributed by atoms with Gasteiger partial charge >= 0.3 is 11.9 Å². The molecule has 0 heterocycles.